The molecule has 1 aliphatic heterocycles. The number of likely N-dealkylation sites (tertiary alicyclic amines) is 1. The van der Waals surface area contributed by atoms with Crippen LogP contribution in [0.1, 0.15) is 6.42 Å². The van der Waals surface area contributed by atoms with Gasteiger partial charge in [0.2, 0.25) is 5.95 Å². The Morgan fingerprint density at radius 2 is 2.24 bits per heavy atom. The zero-order chi connectivity index (χ0) is 12.3. The Kier molecular flexibility index (Phi) is 3.63. The van der Waals surface area contributed by atoms with E-state index in [-0.39, 0.29) is 0 Å². The normalized spacial score (nSPS) is 20.5. The van der Waals surface area contributed by atoms with Crippen molar-refractivity contribution in [2.45, 2.75) is 6.42 Å². The Labute approximate surface area is 102 Å². The molecule has 94 valence electrons. The number of hydrogen-bond acceptors (Lipinski definition) is 6. The summed E-state index contributed by atoms with van der Waals surface area (Å²) in [6.45, 7) is 3.26. The van der Waals surface area contributed by atoms with Crippen LogP contribution in [0.3, 0.4) is 0 Å². The van der Waals surface area contributed by atoms with Crippen LogP contribution in [0.25, 0.3) is 0 Å². The fourth-order valence-electron chi connectivity index (χ4n) is 2.13. The van der Waals surface area contributed by atoms with Crippen molar-refractivity contribution < 1.29 is 0 Å². The smallest absolute Gasteiger partial charge is 0.223 e. The van der Waals surface area contributed by atoms with Crippen molar-refractivity contribution in [3.8, 4) is 0 Å². The molecule has 2 heterocycles. The van der Waals surface area contributed by atoms with Crippen LogP contribution in [-0.4, -0.2) is 48.6 Å². The first-order valence-corrected chi connectivity index (χ1v) is 5.92. The van der Waals surface area contributed by atoms with E-state index in [9.17, 15) is 0 Å². The molecular formula is C11H20N6. The number of nitrogens with zero attached hydrogens (tertiary/aromatic N) is 3. The largest absolute Gasteiger partial charge is 0.373 e. The van der Waals surface area contributed by atoms with Crippen molar-refractivity contribution in [3.05, 3.63) is 6.07 Å². The van der Waals surface area contributed by atoms with Gasteiger partial charge in [0, 0.05) is 26.2 Å². The highest BCUT2D eigenvalue weighted by Crippen LogP contribution is 2.16. The maximum absolute atomic E-state index is 5.63. The summed E-state index contributed by atoms with van der Waals surface area (Å²) in [5, 5.41) is 6.29. The van der Waals surface area contributed by atoms with Gasteiger partial charge in [-0.2, -0.15) is 9.97 Å². The molecule has 0 amide bonds. The lowest BCUT2D eigenvalue weighted by Crippen LogP contribution is -2.19. The molecule has 1 aliphatic rings. The van der Waals surface area contributed by atoms with E-state index >= 15 is 0 Å². The van der Waals surface area contributed by atoms with E-state index in [0.29, 0.717) is 11.9 Å². The lowest BCUT2D eigenvalue weighted by atomic mass is 10.1. The Bertz CT molecular complexity index is 380. The number of hydrogen-bond donors (Lipinski definition) is 3. The number of rotatable bonds is 4. The molecule has 1 saturated heterocycles. The summed E-state index contributed by atoms with van der Waals surface area (Å²) in [5.74, 6) is 2.51. The minimum atomic E-state index is 0.294. The fourth-order valence-corrected chi connectivity index (χ4v) is 2.13. The third-order valence-electron chi connectivity index (χ3n) is 3.06. The van der Waals surface area contributed by atoms with Gasteiger partial charge in [0.15, 0.2) is 0 Å². The first-order chi connectivity index (χ1) is 8.17. The summed E-state index contributed by atoms with van der Waals surface area (Å²) >= 11 is 0. The van der Waals surface area contributed by atoms with Crippen molar-refractivity contribution in [2.75, 3.05) is 50.1 Å². The molecule has 0 aliphatic carbocycles. The molecule has 4 N–H and O–H groups in total. The number of anilines is 3. The van der Waals surface area contributed by atoms with Gasteiger partial charge in [-0.15, -0.1) is 0 Å². The maximum Gasteiger partial charge on any atom is 0.223 e. The summed E-state index contributed by atoms with van der Waals surface area (Å²) < 4.78 is 0. The van der Waals surface area contributed by atoms with Gasteiger partial charge in [0.05, 0.1) is 0 Å². The van der Waals surface area contributed by atoms with Crippen molar-refractivity contribution in [1.29, 1.82) is 0 Å². The molecule has 1 atom stereocenters. The zero-order valence-electron chi connectivity index (χ0n) is 10.4. The Morgan fingerprint density at radius 3 is 2.88 bits per heavy atom. The van der Waals surface area contributed by atoms with E-state index in [0.717, 1.165) is 24.7 Å². The van der Waals surface area contributed by atoms with Crippen LogP contribution in [0.15, 0.2) is 6.07 Å². The van der Waals surface area contributed by atoms with Gasteiger partial charge >= 0.3 is 0 Å². The van der Waals surface area contributed by atoms with Gasteiger partial charge in [0.1, 0.15) is 11.6 Å². The van der Waals surface area contributed by atoms with E-state index in [1.165, 1.54) is 13.0 Å². The number of nitrogen functional groups attached to an aromatic ring is 1. The molecule has 2 rings (SSSR count). The van der Waals surface area contributed by atoms with E-state index in [4.69, 9.17) is 5.73 Å². The average Bonchev–Trinajstić information content (AvgIpc) is 2.72. The summed E-state index contributed by atoms with van der Waals surface area (Å²) in [6, 6.07) is 1.87. The number of nitrogens with one attached hydrogen (secondary N) is 2. The summed E-state index contributed by atoms with van der Waals surface area (Å²) in [4.78, 5) is 10.6. The molecule has 1 unspecified atom stereocenters. The van der Waals surface area contributed by atoms with Crippen LogP contribution in [-0.2, 0) is 0 Å². The minimum Gasteiger partial charge on any atom is -0.373 e. The Morgan fingerprint density at radius 1 is 1.47 bits per heavy atom. The number of nitrogens with two attached hydrogens (primary N) is 1. The highest BCUT2D eigenvalue weighted by Gasteiger charge is 2.19. The van der Waals surface area contributed by atoms with Gasteiger partial charge < -0.3 is 21.3 Å². The molecule has 0 radical (unpaired) electrons. The Hall–Kier alpha value is -1.56. The predicted octanol–water partition coefficient (Wildman–Crippen LogP) is 0.464. The van der Waals surface area contributed by atoms with Gasteiger partial charge in [-0.05, 0) is 25.9 Å². The lowest BCUT2D eigenvalue weighted by molar-refractivity contribution is 0.399. The van der Waals surface area contributed by atoms with Crippen molar-refractivity contribution in [2.24, 2.45) is 5.92 Å². The first kappa shape index (κ1) is 11.9. The third-order valence-corrected chi connectivity index (χ3v) is 3.06. The van der Waals surface area contributed by atoms with Crippen molar-refractivity contribution in [1.82, 2.24) is 14.9 Å². The van der Waals surface area contributed by atoms with Crippen LogP contribution in [0.4, 0.5) is 17.6 Å². The zero-order valence-corrected chi connectivity index (χ0v) is 10.4. The standard InChI is InChI=1S/C11H20N6/c1-13-9-5-10(16-11(12)15-9)14-6-8-3-4-17(2)7-8/h5,8H,3-4,6-7H2,1-2H3,(H4,12,13,14,15,16). The van der Waals surface area contributed by atoms with Gasteiger partial charge in [0.25, 0.3) is 0 Å². The third kappa shape index (κ3) is 3.20. The monoisotopic (exact) mass is 236 g/mol. The highest BCUT2D eigenvalue weighted by molar-refractivity contribution is 5.50. The molecule has 0 saturated carbocycles. The maximum atomic E-state index is 5.63. The lowest BCUT2D eigenvalue weighted by Gasteiger charge is -2.12. The second kappa shape index (κ2) is 5.18. The van der Waals surface area contributed by atoms with Crippen molar-refractivity contribution in [3.63, 3.8) is 0 Å². The van der Waals surface area contributed by atoms with E-state index in [2.05, 4.69) is 32.5 Å². The molecule has 6 heteroatoms. The summed E-state index contributed by atoms with van der Waals surface area (Å²) in [6.07, 6.45) is 1.24. The SMILES string of the molecule is CNc1cc(NCC2CCN(C)C2)nc(N)n1. The van der Waals surface area contributed by atoms with Gasteiger partial charge in [-0.1, -0.05) is 0 Å². The molecule has 1 fully saturated rings. The van der Waals surface area contributed by atoms with Crippen LogP contribution >= 0.6 is 0 Å². The second-order valence-electron chi connectivity index (χ2n) is 4.54. The summed E-state index contributed by atoms with van der Waals surface area (Å²) in [5.41, 5.74) is 5.63. The predicted molar refractivity (Wildman–Crippen MR) is 70.1 cm³/mol. The second-order valence-corrected chi connectivity index (χ2v) is 4.54. The van der Waals surface area contributed by atoms with Crippen LogP contribution in [0, 0.1) is 5.92 Å². The topological polar surface area (TPSA) is 79.1 Å². The van der Waals surface area contributed by atoms with E-state index in [1.54, 1.807) is 0 Å². The average molecular weight is 236 g/mol. The molecule has 0 spiro atoms. The molecule has 0 aromatic carbocycles. The highest BCUT2D eigenvalue weighted by atomic mass is 15.1. The van der Waals surface area contributed by atoms with Crippen LogP contribution in [0.5, 0.6) is 0 Å². The quantitative estimate of drug-likeness (QED) is 0.705. The molecule has 1 aromatic rings. The molecular weight excluding hydrogens is 216 g/mol. The van der Waals surface area contributed by atoms with E-state index < -0.39 is 0 Å². The first-order valence-electron chi connectivity index (χ1n) is 5.92. The number of aromatic nitrogens is 2. The molecule has 1 aromatic heterocycles. The van der Waals surface area contributed by atoms with Crippen molar-refractivity contribution >= 4 is 17.6 Å². The fraction of sp³-hybridized carbons (Fsp3) is 0.636. The molecule has 0 bridgehead atoms. The van der Waals surface area contributed by atoms with Crippen LogP contribution in [0.2, 0.25) is 0 Å². The van der Waals surface area contributed by atoms with E-state index in [1.807, 2.05) is 13.1 Å². The molecule has 6 nitrogen and oxygen atoms in total. The van der Waals surface area contributed by atoms with Crippen LogP contribution < -0.4 is 16.4 Å². The van der Waals surface area contributed by atoms with Gasteiger partial charge in [-0.3, -0.25) is 0 Å². The van der Waals surface area contributed by atoms with Gasteiger partial charge in [-0.25, -0.2) is 0 Å². The minimum absolute atomic E-state index is 0.294. The summed E-state index contributed by atoms with van der Waals surface area (Å²) in [7, 11) is 3.97. The Balaban J connectivity index is 1.92. The molecule has 17 heavy (non-hydrogen) atoms.